The molecule has 0 rings (SSSR count). The van der Waals surface area contributed by atoms with Crippen LogP contribution >= 0.6 is 11.8 Å². The quantitative estimate of drug-likeness (QED) is 0.571. The number of hydrogen-bond donors (Lipinski definition) is 1. The van der Waals surface area contributed by atoms with E-state index in [0.29, 0.717) is 6.04 Å². The molecule has 0 aromatic carbocycles. The van der Waals surface area contributed by atoms with Gasteiger partial charge in [-0.2, -0.15) is 11.8 Å². The van der Waals surface area contributed by atoms with Gasteiger partial charge in [-0.1, -0.05) is 6.92 Å². The van der Waals surface area contributed by atoms with Crippen molar-refractivity contribution >= 4 is 11.8 Å². The van der Waals surface area contributed by atoms with Gasteiger partial charge in [-0.05, 0) is 44.2 Å². The van der Waals surface area contributed by atoms with Gasteiger partial charge in [0, 0.05) is 19.8 Å². The maximum absolute atomic E-state index is 5.07. The minimum Gasteiger partial charge on any atom is -0.385 e. The molecule has 0 heterocycles. The van der Waals surface area contributed by atoms with Crippen LogP contribution in [0.2, 0.25) is 0 Å². The van der Waals surface area contributed by atoms with Gasteiger partial charge in [-0.25, -0.2) is 0 Å². The van der Waals surface area contributed by atoms with Crippen LogP contribution in [0.3, 0.4) is 0 Å². The lowest BCUT2D eigenvalue weighted by Crippen LogP contribution is -2.30. The molecule has 14 heavy (non-hydrogen) atoms. The first kappa shape index (κ1) is 14.3. The second-order valence-electron chi connectivity index (χ2n) is 3.57. The highest BCUT2D eigenvalue weighted by molar-refractivity contribution is 7.98. The third-order valence-electron chi connectivity index (χ3n) is 2.25. The van der Waals surface area contributed by atoms with Crippen molar-refractivity contribution in [3.63, 3.8) is 0 Å². The zero-order valence-electron chi connectivity index (χ0n) is 9.84. The Bertz CT molecular complexity index is 103. The first-order chi connectivity index (χ1) is 6.85. The van der Waals surface area contributed by atoms with Crippen LogP contribution < -0.4 is 5.32 Å². The largest absolute Gasteiger partial charge is 0.385 e. The molecule has 0 fully saturated rings. The fourth-order valence-electron chi connectivity index (χ4n) is 1.43. The number of nitrogens with one attached hydrogen (secondary N) is 1. The molecule has 0 saturated heterocycles. The van der Waals surface area contributed by atoms with Crippen molar-refractivity contribution in [1.82, 2.24) is 5.32 Å². The van der Waals surface area contributed by atoms with Gasteiger partial charge in [-0.15, -0.1) is 0 Å². The van der Waals surface area contributed by atoms with Crippen molar-refractivity contribution in [2.45, 2.75) is 38.6 Å². The molecule has 0 saturated carbocycles. The Balaban J connectivity index is 3.49. The SMILES string of the molecule is CCCNC(CCCOC)CCSC. The Morgan fingerprint density at radius 2 is 2.14 bits per heavy atom. The van der Waals surface area contributed by atoms with E-state index < -0.39 is 0 Å². The third kappa shape index (κ3) is 8.85. The van der Waals surface area contributed by atoms with Crippen LogP contribution in [-0.4, -0.2) is 38.3 Å². The molecule has 2 nitrogen and oxygen atoms in total. The Morgan fingerprint density at radius 3 is 2.71 bits per heavy atom. The van der Waals surface area contributed by atoms with Crippen LogP contribution in [0.15, 0.2) is 0 Å². The van der Waals surface area contributed by atoms with E-state index in [4.69, 9.17) is 4.74 Å². The number of thioether (sulfide) groups is 1. The summed E-state index contributed by atoms with van der Waals surface area (Å²) in [6, 6.07) is 0.692. The number of rotatable bonds is 10. The van der Waals surface area contributed by atoms with E-state index in [1.807, 2.05) is 11.8 Å². The topological polar surface area (TPSA) is 21.3 Å². The van der Waals surface area contributed by atoms with Gasteiger partial charge in [0.2, 0.25) is 0 Å². The van der Waals surface area contributed by atoms with Gasteiger partial charge in [0.25, 0.3) is 0 Å². The summed E-state index contributed by atoms with van der Waals surface area (Å²) in [5.41, 5.74) is 0. The Kier molecular flexibility index (Phi) is 11.6. The van der Waals surface area contributed by atoms with Crippen LogP contribution in [0.5, 0.6) is 0 Å². The van der Waals surface area contributed by atoms with Crippen molar-refractivity contribution in [1.29, 1.82) is 0 Å². The molecule has 0 aromatic heterocycles. The van der Waals surface area contributed by atoms with Gasteiger partial charge < -0.3 is 10.1 Å². The average Bonchev–Trinajstić information content (AvgIpc) is 2.21. The van der Waals surface area contributed by atoms with E-state index in [0.717, 1.165) is 13.2 Å². The smallest absolute Gasteiger partial charge is 0.0462 e. The number of ether oxygens (including phenoxy) is 1. The van der Waals surface area contributed by atoms with Crippen molar-refractivity contribution in [3.8, 4) is 0 Å². The zero-order valence-corrected chi connectivity index (χ0v) is 10.7. The fraction of sp³-hybridized carbons (Fsp3) is 1.00. The molecule has 1 atom stereocenters. The molecule has 0 aromatic rings. The van der Waals surface area contributed by atoms with Gasteiger partial charge in [0.15, 0.2) is 0 Å². The molecule has 1 N–H and O–H groups in total. The normalized spacial score (nSPS) is 13.1. The van der Waals surface area contributed by atoms with E-state index >= 15 is 0 Å². The van der Waals surface area contributed by atoms with E-state index in [1.54, 1.807) is 7.11 Å². The molecule has 3 heteroatoms. The van der Waals surface area contributed by atoms with Gasteiger partial charge in [0.1, 0.15) is 0 Å². The summed E-state index contributed by atoms with van der Waals surface area (Å²) >= 11 is 1.93. The maximum Gasteiger partial charge on any atom is 0.0462 e. The molecule has 0 radical (unpaired) electrons. The lowest BCUT2D eigenvalue weighted by Gasteiger charge is -2.17. The van der Waals surface area contributed by atoms with Crippen LogP contribution in [0.25, 0.3) is 0 Å². The van der Waals surface area contributed by atoms with E-state index in [1.165, 1.54) is 31.4 Å². The molecule has 0 aliphatic heterocycles. The van der Waals surface area contributed by atoms with E-state index in [2.05, 4.69) is 18.5 Å². The third-order valence-corrected chi connectivity index (χ3v) is 2.90. The van der Waals surface area contributed by atoms with Crippen LogP contribution in [0.4, 0.5) is 0 Å². The van der Waals surface area contributed by atoms with Crippen LogP contribution in [0, 0.1) is 0 Å². The fourth-order valence-corrected chi connectivity index (χ4v) is 1.95. The molecule has 0 bridgehead atoms. The van der Waals surface area contributed by atoms with E-state index in [9.17, 15) is 0 Å². The van der Waals surface area contributed by atoms with Crippen LogP contribution in [0.1, 0.15) is 32.6 Å². The van der Waals surface area contributed by atoms with Gasteiger partial charge in [0.05, 0.1) is 0 Å². The second-order valence-corrected chi connectivity index (χ2v) is 4.55. The minimum absolute atomic E-state index is 0.692. The second kappa shape index (κ2) is 11.3. The first-order valence-corrected chi connectivity index (χ1v) is 6.95. The highest BCUT2D eigenvalue weighted by Crippen LogP contribution is 2.06. The molecule has 0 amide bonds. The standard InChI is InChI=1S/C11H25NOS/c1-4-8-12-11(7-10-14-3)6-5-9-13-2/h11-12H,4-10H2,1-3H3. The summed E-state index contributed by atoms with van der Waals surface area (Å²) in [7, 11) is 1.77. The predicted molar refractivity (Wildman–Crippen MR) is 66.2 cm³/mol. The van der Waals surface area contributed by atoms with Crippen molar-refractivity contribution in [2.24, 2.45) is 0 Å². The Hall–Kier alpha value is 0.270. The van der Waals surface area contributed by atoms with Gasteiger partial charge >= 0.3 is 0 Å². The molecular weight excluding hydrogens is 194 g/mol. The Labute approximate surface area is 93.2 Å². The predicted octanol–water partition coefficient (Wildman–Crippen LogP) is 2.53. The summed E-state index contributed by atoms with van der Waals surface area (Å²) in [6.45, 7) is 4.25. The zero-order chi connectivity index (χ0) is 10.6. The highest BCUT2D eigenvalue weighted by atomic mass is 32.2. The highest BCUT2D eigenvalue weighted by Gasteiger charge is 2.06. The first-order valence-electron chi connectivity index (χ1n) is 5.56. The molecule has 0 aliphatic carbocycles. The minimum atomic E-state index is 0.692. The van der Waals surface area contributed by atoms with Crippen molar-refractivity contribution in [3.05, 3.63) is 0 Å². The number of hydrogen-bond acceptors (Lipinski definition) is 3. The molecule has 0 aliphatic rings. The molecular formula is C11H25NOS. The monoisotopic (exact) mass is 219 g/mol. The van der Waals surface area contributed by atoms with Gasteiger partial charge in [-0.3, -0.25) is 0 Å². The van der Waals surface area contributed by atoms with Crippen LogP contribution in [-0.2, 0) is 4.74 Å². The van der Waals surface area contributed by atoms with Crippen molar-refractivity contribution < 1.29 is 4.74 Å². The maximum atomic E-state index is 5.07. The molecule has 0 spiro atoms. The molecule has 1 unspecified atom stereocenters. The summed E-state index contributed by atoms with van der Waals surface area (Å²) in [6.07, 6.45) is 7.09. The van der Waals surface area contributed by atoms with E-state index in [-0.39, 0.29) is 0 Å². The summed E-state index contributed by atoms with van der Waals surface area (Å²) < 4.78 is 5.07. The lowest BCUT2D eigenvalue weighted by atomic mass is 10.1. The number of methoxy groups -OCH3 is 1. The lowest BCUT2D eigenvalue weighted by molar-refractivity contribution is 0.188. The summed E-state index contributed by atoms with van der Waals surface area (Å²) in [5, 5.41) is 3.59. The molecule has 86 valence electrons. The Morgan fingerprint density at radius 1 is 1.36 bits per heavy atom. The summed E-state index contributed by atoms with van der Waals surface area (Å²) in [4.78, 5) is 0. The van der Waals surface area contributed by atoms with Crippen molar-refractivity contribution in [2.75, 3.05) is 32.3 Å². The average molecular weight is 219 g/mol. The summed E-state index contributed by atoms with van der Waals surface area (Å²) in [5.74, 6) is 1.26.